The number of Topliss-reactive ketones (excluding diaryl/α,β-unsaturated/α-hetero) is 1. The Balaban J connectivity index is 1.86. The van der Waals surface area contributed by atoms with Crippen LogP contribution in [0.5, 0.6) is 0 Å². The van der Waals surface area contributed by atoms with Gasteiger partial charge in [0.1, 0.15) is 0 Å². The molecule has 0 unspecified atom stereocenters. The molecule has 3 rings (SSSR count). The Kier molecular flexibility index (Phi) is 3.15. The van der Waals surface area contributed by atoms with Gasteiger partial charge in [-0.05, 0) is 49.7 Å². The summed E-state index contributed by atoms with van der Waals surface area (Å²) in [6, 6.07) is 6.88. The number of rotatable bonds is 3. The fourth-order valence-corrected chi connectivity index (χ4v) is 4.18. The monoisotopic (exact) mass is 272 g/mol. The molecule has 2 bridgehead atoms. The van der Waals surface area contributed by atoms with Gasteiger partial charge in [0.05, 0.1) is 12.7 Å². The highest BCUT2D eigenvalue weighted by Gasteiger charge is 2.55. The van der Waals surface area contributed by atoms with Crippen molar-refractivity contribution >= 4 is 11.8 Å². The largest absolute Gasteiger partial charge is 0.465 e. The first-order chi connectivity index (χ1) is 9.57. The number of carbonyl (C=O) groups excluding carboxylic acids is 2. The lowest BCUT2D eigenvalue weighted by atomic mass is 9.73. The summed E-state index contributed by atoms with van der Waals surface area (Å²) in [7, 11) is 1.36. The first kappa shape index (κ1) is 13.3. The molecule has 0 N–H and O–H groups in total. The van der Waals surface area contributed by atoms with Crippen LogP contribution in [0.15, 0.2) is 24.3 Å². The van der Waals surface area contributed by atoms with E-state index in [0.717, 1.165) is 5.56 Å². The van der Waals surface area contributed by atoms with Crippen molar-refractivity contribution in [2.45, 2.75) is 32.6 Å². The molecule has 106 valence electrons. The lowest BCUT2D eigenvalue weighted by molar-refractivity contribution is 0.0599. The van der Waals surface area contributed by atoms with Gasteiger partial charge >= 0.3 is 5.97 Å². The zero-order valence-electron chi connectivity index (χ0n) is 12.0. The minimum absolute atomic E-state index is 0.188. The lowest BCUT2D eigenvalue weighted by Gasteiger charge is -2.28. The van der Waals surface area contributed by atoms with E-state index in [9.17, 15) is 9.59 Å². The van der Waals surface area contributed by atoms with E-state index in [1.54, 1.807) is 24.3 Å². The molecule has 0 aliphatic heterocycles. The standard InChI is InChI=1S/C17H20O3/c1-17(13-7-8-14(17)10-9-13)15(18)11-3-5-12(6-4-11)16(19)20-2/h3-6,13-14H,7-10H2,1-2H3. The average Bonchev–Trinajstić information content (AvgIpc) is 3.00. The highest BCUT2D eigenvalue weighted by Crippen LogP contribution is 2.59. The third-order valence-corrected chi connectivity index (χ3v) is 5.48. The molecule has 0 atom stereocenters. The molecule has 20 heavy (non-hydrogen) atoms. The molecule has 1 aromatic carbocycles. The summed E-state index contributed by atoms with van der Waals surface area (Å²) in [6.07, 6.45) is 4.75. The normalized spacial score (nSPS) is 31.3. The summed E-state index contributed by atoms with van der Waals surface area (Å²) in [5, 5.41) is 0. The SMILES string of the molecule is COC(=O)c1ccc(C(=O)C2(C)C3CCC2CC3)cc1. The van der Waals surface area contributed by atoms with Gasteiger partial charge in [-0.1, -0.05) is 19.1 Å². The van der Waals surface area contributed by atoms with E-state index >= 15 is 0 Å². The topological polar surface area (TPSA) is 43.4 Å². The highest BCUT2D eigenvalue weighted by atomic mass is 16.5. The van der Waals surface area contributed by atoms with Crippen molar-refractivity contribution in [2.75, 3.05) is 7.11 Å². The van der Waals surface area contributed by atoms with Gasteiger partial charge in [-0.3, -0.25) is 4.79 Å². The number of carbonyl (C=O) groups is 2. The van der Waals surface area contributed by atoms with Crippen molar-refractivity contribution in [3.05, 3.63) is 35.4 Å². The van der Waals surface area contributed by atoms with E-state index in [1.807, 2.05) is 0 Å². The van der Waals surface area contributed by atoms with Gasteiger partial charge < -0.3 is 4.74 Å². The fraction of sp³-hybridized carbons (Fsp3) is 0.529. The van der Waals surface area contributed by atoms with Crippen LogP contribution in [-0.2, 0) is 4.74 Å². The van der Waals surface area contributed by atoms with Gasteiger partial charge in [-0.2, -0.15) is 0 Å². The molecule has 1 aromatic rings. The number of esters is 1. The Hall–Kier alpha value is -1.64. The van der Waals surface area contributed by atoms with Gasteiger partial charge in [0.15, 0.2) is 5.78 Å². The number of methoxy groups -OCH3 is 1. The number of benzene rings is 1. The third-order valence-electron chi connectivity index (χ3n) is 5.48. The molecule has 2 fully saturated rings. The van der Waals surface area contributed by atoms with Crippen LogP contribution in [0.2, 0.25) is 0 Å². The first-order valence-corrected chi connectivity index (χ1v) is 7.30. The molecule has 0 spiro atoms. The van der Waals surface area contributed by atoms with Crippen molar-refractivity contribution in [1.82, 2.24) is 0 Å². The molecule has 2 aliphatic carbocycles. The van der Waals surface area contributed by atoms with Crippen LogP contribution in [0.1, 0.15) is 53.3 Å². The number of fused-ring (bicyclic) bond motifs is 2. The predicted octanol–water partition coefficient (Wildman–Crippen LogP) is 3.48. The molecular weight excluding hydrogens is 252 g/mol. The second-order valence-electron chi connectivity index (χ2n) is 6.23. The van der Waals surface area contributed by atoms with Gasteiger partial charge in [-0.15, -0.1) is 0 Å². The molecule has 3 nitrogen and oxygen atoms in total. The maximum absolute atomic E-state index is 12.9. The van der Waals surface area contributed by atoms with Crippen molar-refractivity contribution < 1.29 is 14.3 Å². The van der Waals surface area contributed by atoms with E-state index in [4.69, 9.17) is 0 Å². The number of hydrogen-bond donors (Lipinski definition) is 0. The number of ether oxygens (including phenoxy) is 1. The Morgan fingerprint density at radius 1 is 1.00 bits per heavy atom. The third kappa shape index (κ3) is 1.80. The average molecular weight is 272 g/mol. The molecular formula is C17H20O3. The van der Waals surface area contributed by atoms with Crippen molar-refractivity contribution in [3.63, 3.8) is 0 Å². The minimum Gasteiger partial charge on any atom is -0.465 e. The van der Waals surface area contributed by atoms with Crippen molar-refractivity contribution in [3.8, 4) is 0 Å². The van der Waals surface area contributed by atoms with Crippen LogP contribution in [0.3, 0.4) is 0 Å². The molecule has 2 saturated carbocycles. The highest BCUT2D eigenvalue weighted by molar-refractivity contribution is 6.02. The Bertz CT molecular complexity index is 524. The molecule has 0 amide bonds. The summed E-state index contributed by atoms with van der Waals surface area (Å²) in [4.78, 5) is 24.3. The van der Waals surface area contributed by atoms with E-state index < -0.39 is 0 Å². The molecule has 0 saturated heterocycles. The van der Waals surface area contributed by atoms with Crippen molar-refractivity contribution in [2.24, 2.45) is 17.3 Å². The quantitative estimate of drug-likeness (QED) is 0.625. The second-order valence-corrected chi connectivity index (χ2v) is 6.23. The summed E-state index contributed by atoms with van der Waals surface area (Å²) in [5.74, 6) is 0.968. The smallest absolute Gasteiger partial charge is 0.337 e. The molecule has 2 aliphatic rings. The van der Waals surface area contributed by atoms with Gasteiger partial charge in [0.25, 0.3) is 0 Å². The maximum atomic E-state index is 12.9. The minimum atomic E-state index is -0.365. The van der Waals surface area contributed by atoms with Crippen LogP contribution in [0.4, 0.5) is 0 Å². The number of hydrogen-bond acceptors (Lipinski definition) is 3. The van der Waals surface area contributed by atoms with Crippen LogP contribution in [0.25, 0.3) is 0 Å². The van der Waals surface area contributed by atoms with E-state index in [2.05, 4.69) is 11.7 Å². The van der Waals surface area contributed by atoms with E-state index in [-0.39, 0.29) is 17.2 Å². The maximum Gasteiger partial charge on any atom is 0.337 e. The van der Waals surface area contributed by atoms with Gasteiger partial charge in [-0.25, -0.2) is 4.79 Å². The van der Waals surface area contributed by atoms with Crippen LogP contribution < -0.4 is 0 Å². The predicted molar refractivity (Wildman–Crippen MR) is 75.7 cm³/mol. The summed E-state index contributed by atoms with van der Waals surface area (Å²) < 4.78 is 4.68. The Labute approximate surface area is 119 Å². The van der Waals surface area contributed by atoms with Gasteiger partial charge in [0, 0.05) is 11.0 Å². The van der Waals surface area contributed by atoms with Crippen LogP contribution >= 0.6 is 0 Å². The first-order valence-electron chi connectivity index (χ1n) is 7.30. The zero-order chi connectivity index (χ0) is 14.3. The Morgan fingerprint density at radius 2 is 1.45 bits per heavy atom. The Morgan fingerprint density at radius 3 is 1.90 bits per heavy atom. The van der Waals surface area contributed by atoms with E-state index in [0.29, 0.717) is 17.4 Å². The zero-order valence-corrected chi connectivity index (χ0v) is 12.0. The van der Waals surface area contributed by atoms with Crippen molar-refractivity contribution in [1.29, 1.82) is 0 Å². The molecule has 0 radical (unpaired) electrons. The lowest BCUT2D eigenvalue weighted by Crippen LogP contribution is -2.32. The summed E-state index contributed by atoms with van der Waals surface area (Å²) >= 11 is 0. The van der Waals surface area contributed by atoms with Gasteiger partial charge in [0.2, 0.25) is 0 Å². The molecule has 0 aromatic heterocycles. The summed E-state index contributed by atoms with van der Waals surface area (Å²) in [5.41, 5.74) is 1.02. The van der Waals surface area contributed by atoms with Crippen LogP contribution in [-0.4, -0.2) is 18.9 Å². The van der Waals surface area contributed by atoms with E-state index in [1.165, 1.54) is 32.8 Å². The number of ketones is 1. The fourth-order valence-electron chi connectivity index (χ4n) is 4.18. The molecule has 0 heterocycles. The van der Waals surface area contributed by atoms with Crippen LogP contribution in [0, 0.1) is 17.3 Å². The summed E-state index contributed by atoms with van der Waals surface area (Å²) in [6.45, 7) is 2.14. The molecule has 3 heteroatoms. The second kappa shape index (κ2) is 4.72.